The maximum Gasteiger partial charge on any atom is 0.308 e. The second-order valence-electron chi connectivity index (χ2n) is 3.38. The lowest BCUT2D eigenvalue weighted by molar-refractivity contribution is -0.782. The fourth-order valence-corrected chi connectivity index (χ4v) is 1.81. The summed E-state index contributed by atoms with van der Waals surface area (Å²) >= 11 is 0. The van der Waals surface area contributed by atoms with E-state index in [-0.39, 0.29) is 47.8 Å². The van der Waals surface area contributed by atoms with Crippen LogP contribution < -0.4 is 14.7 Å². The Bertz CT molecular complexity index is 769. The minimum Gasteiger partial charge on any atom is -0.359 e. The average molecular weight is 252 g/mol. The molecule has 90 valence electrons. The molecule has 0 saturated carbocycles. The Hall–Kier alpha value is -3.18. The van der Waals surface area contributed by atoms with Crippen LogP contribution in [0.5, 0.6) is 0 Å². The maximum atomic E-state index is 11.4. The Morgan fingerprint density at radius 1 is 0.611 bits per heavy atom. The van der Waals surface area contributed by atoms with Gasteiger partial charge in [0.25, 0.3) is 16.6 Å². The van der Waals surface area contributed by atoms with E-state index < -0.39 is 0 Å². The van der Waals surface area contributed by atoms with E-state index in [1.807, 2.05) is 0 Å². The first kappa shape index (κ1) is 8.91. The summed E-state index contributed by atoms with van der Waals surface area (Å²) in [5, 5.41) is 44.4. The Morgan fingerprint density at radius 3 is 1.17 bits per heavy atom. The van der Waals surface area contributed by atoms with E-state index in [0.717, 1.165) is 0 Å². The third-order valence-corrected chi connectivity index (χ3v) is 2.51. The Kier molecular flexibility index (Phi) is 1.26. The lowest BCUT2D eigenvalue weighted by Crippen LogP contribution is -2.27. The first-order valence-corrected chi connectivity index (χ1v) is 4.48. The number of hydrogen-bond donors (Lipinski definition) is 0. The van der Waals surface area contributed by atoms with E-state index in [0.29, 0.717) is 0 Å². The monoisotopic (exact) mass is 252 g/mol. The van der Waals surface area contributed by atoms with Crippen LogP contribution in [0.25, 0.3) is 33.1 Å². The summed E-state index contributed by atoms with van der Waals surface area (Å²) in [7, 11) is 0. The largest absolute Gasteiger partial charge is 0.359 e. The van der Waals surface area contributed by atoms with Crippen molar-refractivity contribution in [3.8, 4) is 0 Å². The van der Waals surface area contributed by atoms with Crippen LogP contribution in [0.15, 0.2) is 13.9 Å². The maximum absolute atomic E-state index is 11.4. The van der Waals surface area contributed by atoms with Crippen molar-refractivity contribution >= 4 is 33.1 Å². The van der Waals surface area contributed by atoms with Crippen LogP contribution in [0.2, 0.25) is 0 Å². The highest BCUT2D eigenvalue weighted by Crippen LogP contribution is 2.26. The topological polar surface area (TPSA) is 159 Å². The average Bonchev–Trinajstić information content (AvgIpc) is 2.99. The molecule has 4 rings (SSSR count). The van der Waals surface area contributed by atoms with Gasteiger partial charge in [-0.15, -0.1) is 0 Å². The molecule has 3 aromatic heterocycles. The molecule has 0 aliphatic carbocycles. The minimum atomic E-state index is -0.219. The minimum absolute atomic E-state index is 0.00657. The lowest BCUT2D eigenvalue weighted by Gasteiger charge is -1.86. The van der Waals surface area contributed by atoms with Crippen molar-refractivity contribution in [2.45, 2.75) is 0 Å². The van der Waals surface area contributed by atoms with Crippen molar-refractivity contribution < 1.29 is 28.6 Å². The SMILES string of the molecule is [O-][n+]1onc2c1c1no[n+]([O-])c1c1no[n+]([O-])c21. The van der Waals surface area contributed by atoms with Crippen LogP contribution in [-0.4, -0.2) is 15.5 Å². The molecule has 18 heavy (non-hydrogen) atoms. The highest BCUT2D eigenvalue weighted by atomic mass is 16.8. The Morgan fingerprint density at radius 2 is 0.889 bits per heavy atom. The molecular weight excluding hydrogens is 252 g/mol. The summed E-state index contributed by atoms with van der Waals surface area (Å²) in [6, 6.07) is 0. The summed E-state index contributed by atoms with van der Waals surface area (Å²) in [6.45, 7) is 0. The molecule has 1 aromatic carbocycles. The van der Waals surface area contributed by atoms with Gasteiger partial charge in [-0.3, -0.25) is 13.9 Å². The van der Waals surface area contributed by atoms with Gasteiger partial charge in [-0.2, -0.15) is 0 Å². The molecular formula is C6N6O6. The van der Waals surface area contributed by atoms with Crippen LogP contribution >= 0.6 is 0 Å². The number of benzene rings is 1. The van der Waals surface area contributed by atoms with Crippen LogP contribution in [0.4, 0.5) is 0 Å². The van der Waals surface area contributed by atoms with E-state index in [9.17, 15) is 15.6 Å². The normalized spacial score (nSPS) is 12.0. The zero-order valence-corrected chi connectivity index (χ0v) is 8.13. The van der Waals surface area contributed by atoms with E-state index >= 15 is 0 Å². The highest BCUT2D eigenvalue weighted by molar-refractivity contribution is 6.14. The smallest absolute Gasteiger partial charge is 0.308 e. The molecule has 0 fully saturated rings. The summed E-state index contributed by atoms with van der Waals surface area (Å²) in [4.78, 5) is 0.0197. The molecule has 0 N–H and O–H groups in total. The van der Waals surface area contributed by atoms with Crippen molar-refractivity contribution in [3.05, 3.63) is 15.6 Å². The summed E-state index contributed by atoms with van der Waals surface area (Å²) in [5.41, 5.74) is -1.04. The van der Waals surface area contributed by atoms with Crippen molar-refractivity contribution in [2.75, 3.05) is 0 Å². The van der Waals surface area contributed by atoms with E-state index in [4.69, 9.17) is 0 Å². The molecule has 4 aromatic rings. The molecule has 0 atom stereocenters. The number of nitrogens with zero attached hydrogens (tertiary/aromatic N) is 6. The van der Waals surface area contributed by atoms with E-state index in [1.165, 1.54) is 0 Å². The molecule has 0 aliphatic heterocycles. The molecule has 12 nitrogen and oxygen atoms in total. The van der Waals surface area contributed by atoms with Gasteiger partial charge >= 0.3 is 16.6 Å². The number of rotatable bonds is 0. The molecule has 0 unspecified atom stereocenters. The van der Waals surface area contributed by atoms with Gasteiger partial charge in [-0.05, 0) is 14.7 Å². The summed E-state index contributed by atoms with van der Waals surface area (Å²) in [5.74, 6) is 0. The zero-order chi connectivity index (χ0) is 12.4. The van der Waals surface area contributed by atoms with Crippen LogP contribution in [0.1, 0.15) is 0 Å². The molecule has 12 heteroatoms. The Labute approximate surface area is 93.8 Å². The second kappa shape index (κ2) is 2.55. The van der Waals surface area contributed by atoms with E-state index in [2.05, 4.69) is 29.4 Å². The zero-order valence-electron chi connectivity index (χ0n) is 8.13. The van der Waals surface area contributed by atoms with Gasteiger partial charge in [0.05, 0.1) is 15.5 Å². The summed E-state index contributed by atoms with van der Waals surface area (Å²) < 4.78 is 13.1. The van der Waals surface area contributed by atoms with Crippen molar-refractivity contribution in [1.29, 1.82) is 0 Å². The quantitative estimate of drug-likeness (QED) is 0.322. The number of hydrogen-bond acceptors (Lipinski definition) is 9. The first-order chi connectivity index (χ1) is 8.68. The van der Waals surface area contributed by atoms with Crippen molar-refractivity contribution in [2.24, 2.45) is 0 Å². The molecule has 0 amide bonds. The third-order valence-electron chi connectivity index (χ3n) is 2.51. The molecule has 0 spiro atoms. The molecule has 0 aliphatic rings. The fraction of sp³-hybridized carbons (Fsp3) is 0. The standard InChI is InChI=1S/C6N6O6/c13-10-4-1(7-16-10)5-3(8-17-11(5)14)6-2(4)9-18-12(6)15. The van der Waals surface area contributed by atoms with Crippen molar-refractivity contribution in [3.63, 3.8) is 0 Å². The lowest BCUT2D eigenvalue weighted by atomic mass is 10.2. The van der Waals surface area contributed by atoms with Crippen molar-refractivity contribution in [1.82, 2.24) is 15.5 Å². The third kappa shape index (κ3) is 0.783. The van der Waals surface area contributed by atoms with Gasteiger partial charge in [0.15, 0.2) is 0 Å². The predicted molar refractivity (Wildman–Crippen MR) is 46.0 cm³/mol. The van der Waals surface area contributed by atoms with Gasteiger partial charge in [-0.1, -0.05) is 0 Å². The van der Waals surface area contributed by atoms with Gasteiger partial charge in [0.1, 0.15) is 0 Å². The highest BCUT2D eigenvalue weighted by Gasteiger charge is 2.35. The number of fused-ring (bicyclic) bond motifs is 6. The fourth-order valence-electron chi connectivity index (χ4n) is 1.81. The van der Waals surface area contributed by atoms with Crippen LogP contribution in [0.3, 0.4) is 0 Å². The van der Waals surface area contributed by atoms with Gasteiger partial charge in [-0.25, -0.2) is 0 Å². The first-order valence-electron chi connectivity index (χ1n) is 4.48. The number of aromatic nitrogens is 6. The molecule has 0 saturated heterocycles. The van der Waals surface area contributed by atoms with Crippen LogP contribution in [-0.2, 0) is 0 Å². The van der Waals surface area contributed by atoms with E-state index in [1.54, 1.807) is 0 Å². The van der Waals surface area contributed by atoms with Crippen LogP contribution in [0, 0.1) is 15.6 Å². The van der Waals surface area contributed by atoms with Gasteiger partial charge in [0.2, 0.25) is 0 Å². The molecule has 3 heterocycles. The van der Waals surface area contributed by atoms with Gasteiger partial charge in [0, 0.05) is 0 Å². The molecule has 0 bridgehead atoms. The molecule has 0 radical (unpaired) electrons. The van der Waals surface area contributed by atoms with Gasteiger partial charge < -0.3 is 15.6 Å². The second-order valence-corrected chi connectivity index (χ2v) is 3.38. The Balaban J connectivity index is 2.51. The predicted octanol–water partition coefficient (Wildman–Crippen LogP) is -1.99. The summed E-state index contributed by atoms with van der Waals surface area (Å²) in [6.07, 6.45) is 0.